The van der Waals surface area contributed by atoms with Gasteiger partial charge in [-0.3, -0.25) is 4.68 Å². The lowest BCUT2D eigenvalue weighted by molar-refractivity contribution is 0.140. The molecule has 0 spiro atoms. The minimum Gasteiger partial charge on any atom is -0.492 e. The van der Waals surface area contributed by atoms with E-state index < -0.39 is 6.10 Å². The summed E-state index contributed by atoms with van der Waals surface area (Å²) in [5, 5.41) is 13.7. The van der Waals surface area contributed by atoms with E-state index in [1.165, 1.54) is 0 Å². The first-order valence-electron chi connectivity index (χ1n) is 5.88. The summed E-state index contributed by atoms with van der Waals surface area (Å²) in [5.41, 5.74) is 0.828. The van der Waals surface area contributed by atoms with Crippen LogP contribution in [0.1, 0.15) is 11.7 Å². The Balaban J connectivity index is 1.60. The van der Waals surface area contributed by atoms with E-state index in [4.69, 9.17) is 9.47 Å². The summed E-state index contributed by atoms with van der Waals surface area (Å²) in [6.07, 6.45) is 3.12. The fourth-order valence-corrected chi connectivity index (χ4v) is 1.95. The Hall–Kier alpha value is -2.01. The molecule has 0 amide bonds. The van der Waals surface area contributed by atoms with Crippen molar-refractivity contribution in [3.63, 3.8) is 0 Å². The van der Waals surface area contributed by atoms with Crippen LogP contribution in [0.25, 0.3) is 0 Å². The number of aromatic nitrogens is 2. The smallest absolute Gasteiger partial charge is 0.129 e. The van der Waals surface area contributed by atoms with Crippen LogP contribution in [-0.2, 0) is 6.54 Å². The quantitative estimate of drug-likeness (QED) is 0.885. The van der Waals surface area contributed by atoms with Crippen molar-refractivity contribution in [1.82, 2.24) is 9.78 Å². The highest BCUT2D eigenvalue weighted by Crippen LogP contribution is 2.34. The minimum absolute atomic E-state index is 0.325. The molecule has 18 heavy (non-hydrogen) atoms. The van der Waals surface area contributed by atoms with Crippen LogP contribution >= 0.6 is 0 Å². The Morgan fingerprint density at radius 2 is 2.44 bits per heavy atom. The van der Waals surface area contributed by atoms with Crippen molar-refractivity contribution < 1.29 is 14.6 Å². The maximum atomic E-state index is 9.60. The maximum Gasteiger partial charge on any atom is 0.129 e. The van der Waals surface area contributed by atoms with Crippen LogP contribution in [0.4, 0.5) is 0 Å². The number of fused-ring (bicyclic) bond motifs is 1. The summed E-state index contributed by atoms with van der Waals surface area (Å²) in [6.45, 7) is 1.57. The molecule has 0 saturated carbocycles. The molecule has 1 aromatic heterocycles. The van der Waals surface area contributed by atoms with E-state index >= 15 is 0 Å². The fraction of sp³-hybridized carbons (Fsp3) is 0.308. The number of ether oxygens (including phenoxy) is 2. The van der Waals surface area contributed by atoms with Crippen LogP contribution in [0.2, 0.25) is 0 Å². The van der Waals surface area contributed by atoms with Crippen molar-refractivity contribution in [3.05, 3.63) is 42.2 Å². The summed E-state index contributed by atoms with van der Waals surface area (Å²) >= 11 is 0. The van der Waals surface area contributed by atoms with E-state index in [1.807, 2.05) is 35.1 Å². The zero-order valence-electron chi connectivity index (χ0n) is 9.82. The Morgan fingerprint density at radius 3 is 3.28 bits per heavy atom. The zero-order chi connectivity index (χ0) is 12.4. The van der Waals surface area contributed by atoms with Gasteiger partial charge < -0.3 is 14.6 Å². The van der Waals surface area contributed by atoms with Crippen LogP contribution in [0.5, 0.6) is 11.5 Å². The van der Waals surface area contributed by atoms with E-state index in [1.54, 1.807) is 6.20 Å². The van der Waals surface area contributed by atoms with Gasteiger partial charge in [0.25, 0.3) is 0 Å². The first kappa shape index (κ1) is 11.1. The second kappa shape index (κ2) is 4.70. The molecule has 2 aromatic rings. The minimum atomic E-state index is -0.516. The Labute approximate surface area is 105 Å². The third kappa shape index (κ3) is 2.17. The highest BCUT2D eigenvalue weighted by Gasteiger charge is 2.21. The number of nitrogens with zero attached hydrogens (tertiary/aromatic N) is 2. The van der Waals surface area contributed by atoms with Crippen molar-refractivity contribution in [2.24, 2.45) is 0 Å². The SMILES string of the molecule is OC1COc2cc(OCCn3cccn3)ccc21. The van der Waals surface area contributed by atoms with Crippen molar-refractivity contribution in [1.29, 1.82) is 0 Å². The predicted molar refractivity (Wildman–Crippen MR) is 64.6 cm³/mol. The zero-order valence-corrected chi connectivity index (χ0v) is 9.82. The van der Waals surface area contributed by atoms with Crippen LogP contribution < -0.4 is 9.47 Å². The van der Waals surface area contributed by atoms with Crippen molar-refractivity contribution in [3.8, 4) is 11.5 Å². The average molecular weight is 246 g/mol. The van der Waals surface area contributed by atoms with Gasteiger partial charge in [-0.25, -0.2) is 0 Å². The molecule has 5 nitrogen and oxygen atoms in total. The molecule has 0 radical (unpaired) electrons. The van der Waals surface area contributed by atoms with Crippen LogP contribution in [0, 0.1) is 0 Å². The van der Waals surface area contributed by atoms with Crippen LogP contribution in [-0.4, -0.2) is 28.1 Å². The van der Waals surface area contributed by atoms with Gasteiger partial charge in [-0.2, -0.15) is 5.10 Å². The molecular weight excluding hydrogens is 232 g/mol. The molecule has 1 atom stereocenters. The lowest BCUT2D eigenvalue weighted by Gasteiger charge is -2.08. The van der Waals surface area contributed by atoms with Crippen LogP contribution in [0.3, 0.4) is 0 Å². The lowest BCUT2D eigenvalue weighted by atomic mass is 10.1. The first-order chi connectivity index (χ1) is 8.83. The third-order valence-electron chi connectivity index (χ3n) is 2.89. The summed E-state index contributed by atoms with van der Waals surface area (Å²) in [4.78, 5) is 0. The number of rotatable bonds is 4. The van der Waals surface area contributed by atoms with Gasteiger partial charge in [0.1, 0.15) is 30.8 Å². The van der Waals surface area contributed by atoms with Gasteiger partial charge in [-0.1, -0.05) is 0 Å². The van der Waals surface area contributed by atoms with Gasteiger partial charge >= 0.3 is 0 Å². The molecule has 1 aromatic carbocycles. The molecule has 0 fully saturated rings. The Bertz CT molecular complexity index is 525. The summed E-state index contributed by atoms with van der Waals surface area (Å²) < 4.78 is 12.8. The molecule has 1 aliphatic rings. The van der Waals surface area contributed by atoms with Gasteiger partial charge in [0.2, 0.25) is 0 Å². The largest absolute Gasteiger partial charge is 0.492 e. The number of hydrogen-bond donors (Lipinski definition) is 1. The Morgan fingerprint density at radius 1 is 1.50 bits per heavy atom. The third-order valence-corrected chi connectivity index (χ3v) is 2.89. The van der Waals surface area contributed by atoms with E-state index in [0.717, 1.165) is 11.3 Å². The highest BCUT2D eigenvalue weighted by molar-refractivity contribution is 5.44. The van der Waals surface area contributed by atoms with E-state index in [0.29, 0.717) is 25.5 Å². The van der Waals surface area contributed by atoms with Gasteiger partial charge in [0.15, 0.2) is 0 Å². The second-order valence-corrected chi connectivity index (χ2v) is 4.14. The number of benzene rings is 1. The van der Waals surface area contributed by atoms with E-state index in [2.05, 4.69) is 5.10 Å². The standard InChI is InChI=1S/C13H14N2O3/c16-12-9-18-13-8-10(2-3-11(12)13)17-7-6-15-5-1-4-14-15/h1-5,8,12,16H,6-7,9H2. The van der Waals surface area contributed by atoms with Gasteiger partial charge in [-0.15, -0.1) is 0 Å². The molecule has 0 aliphatic carbocycles. The summed E-state index contributed by atoms with van der Waals surface area (Å²) in [7, 11) is 0. The summed E-state index contributed by atoms with van der Waals surface area (Å²) in [5.74, 6) is 1.45. The molecular formula is C13H14N2O3. The predicted octanol–water partition coefficient (Wildman–Crippen LogP) is 1.39. The van der Waals surface area contributed by atoms with Crippen molar-refractivity contribution in [2.75, 3.05) is 13.2 Å². The molecule has 1 aliphatic heterocycles. The van der Waals surface area contributed by atoms with Crippen LogP contribution in [0.15, 0.2) is 36.7 Å². The summed E-state index contributed by atoms with van der Waals surface area (Å²) in [6, 6.07) is 7.38. The van der Waals surface area contributed by atoms with E-state index in [9.17, 15) is 5.11 Å². The molecule has 94 valence electrons. The molecule has 0 saturated heterocycles. The van der Waals surface area contributed by atoms with Crippen molar-refractivity contribution in [2.45, 2.75) is 12.6 Å². The highest BCUT2D eigenvalue weighted by atomic mass is 16.5. The van der Waals surface area contributed by atoms with Crippen molar-refractivity contribution >= 4 is 0 Å². The number of hydrogen-bond acceptors (Lipinski definition) is 4. The van der Waals surface area contributed by atoms with Gasteiger partial charge in [0.05, 0.1) is 6.54 Å². The first-order valence-corrected chi connectivity index (χ1v) is 5.88. The fourth-order valence-electron chi connectivity index (χ4n) is 1.95. The molecule has 3 rings (SSSR count). The topological polar surface area (TPSA) is 56.5 Å². The molecule has 5 heteroatoms. The van der Waals surface area contributed by atoms with E-state index in [-0.39, 0.29) is 0 Å². The lowest BCUT2D eigenvalue weighted by Crippen LogP contribution is -2.08. The van der Waals surface area contributed by atoms with Gasteiger partial charge in [0, 0.05) is 24.0 Å². The molecule has 1 N–H and O–H groups in total. The monoisotopic (exact) mass is 246 g/mol. The second-order valence-electron chi connectivity index (χ2n) is 4.14. The molecule has 1 unspecified atom stereocenters. The molecule has 0 bridgehead atoms. The number of aliphatic hydroxyl groups is 1. The maximum absolute atomic E-state index is 9.60. The molecule has 2 heterocycles. The normalized spacial score (nSPS) is 17.3. The van der Waals surface area contributed by atoms with Gasteiger partial charge in [-0.05, 0) is 18.2 Å². The number of aliphatic hydroxyl groups excluding tert-OH is 1. The average Bonchev–Trinajstić information content (AvgIpc) is 3.00. The Kier molecular flexibility index (Phi) is 2.90.